The third-order valence-electron chi connectivity index (χ3n) is 4.30. The van der Waals surface area contributed by atoms with Gasteiger partial charge in [-0.15, -0.1) is 0 Å². The van der Waals surface area contributed by atoms with E-state index in [1.54, 1.807) is 0 Å². The highest BCUT2D eigenvalue weighted by molar-refractivity contribution is 5.93. The molecule has 1 amide bonds. The zero-order valence-electron chi connectivity index (χ0n) is 12.4. The summed E-state index contributed by atoms with van der Waals surface area (Å²) in [6, 6.07) is 14.4. The monoisotopic (exact) mass is 291 g/mol. The number of likely N-dealkylation sites (tertiary alicyclic amines) is 1. The van der Waals surface area contributed by atoms with E-state index in [-0.39, 0.29) is 11.9 Å². The Morgan fingerprint density at radius 3 is 2.77 bits per heavy atom. The lowest BCUT2D eigenvalue weighted by Gasteiger charge is -2.41. The van der Waals surface area contributed by atoms with Gasteiger partial charge in [0.25, 0.3) is 5.91 Å². The first-order chi connectivity index (χ1) is 10.7. The average Bonchev–Trinajstić information content (AvgIpc) is 2.90. The summed E-state index contributed by atoms with van der Waals surface area (Å²) < 4.78 is 1.90. The van der Waals surface area contributed by atoms with Crippen molar-refractivity contribution in [1.29, 1.82) is 0 Å². The maximum atomic E-state index is 12.7. The number of carbonyl (C=O) groups is 1. The van der Waals surface area contributed by atoms with E-state index in [0.717, 1.165) is 24.2 Å². The number of carbonyl (C=O) groups excluding carboxylic acids is 1. The van der Waals surface area contributed by atoms with Crippen molar-refractivity contribution in [2.75, 3.05) is 6.54 Å². The van der Waals surface area contributed by atoms with Gasteiger partial charge in [-0.25, -0.2) is 4.98 Å². The molecule has 1 saturated heterocycles. The van der Waals surface area contributed by atoms with Crippen molar-refractivity contribution in [2.45, 2.75) is 19.4 Å². The van der Waals surface area contributed by atoms with Gasteiger partial charge in [-0.2, -0.15) is 0 Å². The Kier molecular flexibility index (Phi) is 2.96. The van der Waals surface area contributed by atoms with Gasteiger partial charge in [0, 0.05) is 18.9 Å². The fourth-order valence-corrected chi connectivity index (χ4v) is 2.99. The van der Waals surface area contributed by atoms with Gasteiger partial charge in [0.1, 0.15) is 11.3 Å². The van der Waals surface area contributed by atoms with Crippen molar-refractivity contribution >= 4 is 11.6 Å². The lowest BCUT2D eigenvalue weighted by atomic mass is 9.94. The molecular weight excluding hydrogens is 274 g/mol. The molecule has 0 radical (unpaired) electrons. The van der Waals surface area contributed by atoms with Gasteiger partial charge in [0.15, 0.2) is 0 Å². The van der Waals surface area contributed by atoms with E-state index < -0.39 is 0 Å². The minimum atomic E-state index is 0.0152. The van der Waals surface area contributed by atoms with Crippen LogP contribution in [0.2, 0.25) is 0 Å². The zero-order chi connectivity index (χ0) is 15.1. The van der Waals surface area contributed by atoms with E-state index in [1.165, 1.54) is 5.56 Å². The van der Waals surface area contributed by atoms with Crippen LogP contribution in [0.1, 0.15) is 34.1 Å². The molecule has 0 bridgehead atoms. The van der Waals surface area contributed by atoms with E-state index in [1.807, 2.05) is 58.9 Å². The van der Waals surface area contributed by atoms with Gasteiger partial charge in [-0.3, -0.25) is 4.79 Å². The lowest BCUT2D eigenvalue weighted by molar-refractivity contribution is 0.0455. The summed E-state index contributed by atoms with van der Waals surface area (Å²) >= 11 is 0. The number of pyridine rings is 1. The molecule has 0 spiro atoms. The molecule has 1 fully saturated rings. The second kappa shape index (κ2) is 4.98. The number of imidazole rings is 1. The zero-order valence-corrected chi connectivity index (χ0v) is 12.4. The molecule has 1 aliphatic heterocycles. The van der Waals surface area contributed by atoms with E-state index in [2.05, 4.69) is 17.1 Å². The Bertz CT molecular complexity index is 838. The van der Waals surface area contributed by atoms with Crippen LogP contribution in [0.3, 0.4) is 0 Å². The van der Waals surface area contributed by atoms with Gasteiger partial charge in [0.05, 0.1) is 6.04 Å². The van der Waals surface area contributed by atoms with Gasteiger partial charge < -0.3 is 9.30 Å². The van der Waals surface area contributed by atoms with Crippen molar-refractivity contribution < 1.29 is 4.79 Å². The molecule has 0 aliphatic carbocycles. The molecule has 2 aromatic heterocycles. The fourth-order valence-electron chi connectivity index (χ4n) is 2.99. The molecule has 4 nitrogen and oxygen atoms in total. The Morgan fingerprint density at radius 2 is 2.05 bits per heavy atom. The van der Waals surface area contributed by atoms with Gasteiger partial charge >= 0.3 is 0 Å². The fraction of sp³-hybridized carbons (Fsp3) is 0.222. The Balaban J connectivity index is 1.63. The van der Waals surface area contributed by atoms with Crippen LogP contribution >= 0.6 is 0 Å². The smallest absolute Gasteiger partial charge is 0.274 e. The van der Waals surface area contributed by atoms with E-state index in [0.29, 0.717) is 5.69 Å². The van der Waals surface area contributed by atoms with Gasteiger partial charge in [0.2, 0.25) is 0 Å². The molecule has 3 heterocycles. The molecular formula is C18H17N3O. The minimum Gasteiger partial charge on any atom is -0.330 e. The maximum Gasteiger partial charge on any atom is 0.274 e. The standard InChI is InChI=1S/C18H17N3O/c1-13-7-9-20-12-15(19-17(20)11-13)18(22)21-10-8-16(21)14-5-3-2-4-6-14/h2-7,9,11-12,16H,8,10H2,1H3. The number of benzene rings is 1. The summed E-state index contributed by atoms with van der Waals surface area (Å²) in [6.07, 6.45) is 4.78. The second-order valence-electron chi connectivity index (χ2n) is 5.81. The molecule has 1 unspecified atom stereocenters. The number of rotatable bonds is 2. The lowest BCUT2D eigenvalue weighted by Crippen LogP contribution is -2.45. The minimum absolute atomic E-state index is 0.0152. The summed E-state index contributed by atoms with van der Waals surface area (Å²) in [4.78, 5) is 19.1. The number of aryl methyl sites for hydroxylation is 1. The number of fused-ring (bicyclic) bond motifs is 1. The second-order valence-corrected chi connectivity index (χ2v) is 5.81. The predicted octanol–water partition coefficient (Wildman–Crippen LogP) is 3.23. The maximum absolute atomic E-state index is 12.7. The SMILES string of the molecule is Cc1ccn2cc(C(=O)N3CCC3c3ccccc3)nc2c1. The summed E-state index contributed by atoms with van der Waals surface area (Å²) in [5.41, 5.74) is 3.68. The number of amides is 1. The van der Waals surface area contributed by atoms with Crippen molar-refractivity contribution in [1.82, 2.24) is 14.3 Å². The highest BCUT2D eigenvalue weighted by Gasteiger charge is 2.34. The van der Waals surface area contributed by atoms with Crippen molar-refractivity contribution in [3.8, 4) is 0 Å². The van der Waals surface area contributed by atoms with Crippen LogP contribution in [0, 0.1) is 6.92 Å². The molecule has 22 heavy (non-hydrogen) atoms. The topological polar surface area (TPSA) is 37.6 Å². The highest BCUT2D eigenvalue weighted by Crippen LogP contribution is 2.34. The number of hydrogen-bond acceptors (Lipinski definition) is 2. The van der Waals surface area contributed by atoms with E-state index in [9.17, 15) is 4.79 Å². The molecule has 110 valence electrons. The number of aromatic nitrogens is 2. The van der Waals surface area contributed by atoms with Crippen LogP contribution in [0.4, 0.5) is 0 Å². The molecule has 3 aromatic rings. The summed E-state index contributed by atoms with van der Waals surface area (Å²) in [7, 11) is 0. The largest absolute Gasteiger partial charge is 0.330 e. The Hall–Kier alpha value is -2.62. The first-order valence-corrected chi connectivity index (χ1v) is 7.54. The summed E-state index contributed by atoms with van der Waals surface area (Å²) in [5.74, 6) is 0.0152. The van der Waals surface area contributed by atoms with Gasteiger partial charge in [-0.1, -0.05) is 30.3 Å². The Morgan fingerprint density at radius 1 is 1.23 bits per heavy atom. The normalized spacial score (nSPS) is 17.5. The highest BCUT2D eigenvalue weighted by atomic mass is 16.2. The van der Waals surface area contributed by atoms with Crippen molar-refractivity contribution in [3.05, 3.63) is 71.7 Å². The molecule has 1 aromatic carbocycles. The molecule has 0 saturated carbocycles. The molecule has 1 atom stereocenters. The predicted molar refractivity (Wildman–Crippen MR) is 84.8 cm³/mol. The third-order valence-corrected chi connectivity index (χ3v) is 4.30. The quantitative estimate of drug-likeness (QED) is 0.727. The Labute approximate surface area is 129 Å². The van der Waals surface area contributed by atoms with Crippen molar-refractivity contribution in [2.24, 2.45) is 0 Å². The third kappa shape index (κ3) is 2.08. The summed E-state index contributed by atoms with van der Waals surface area (Å²) in [5, 5.41) is 0. The van der Waals surface area contributed by atoms with Crippen LogP contribution in [-0.2, 0) is 0 Å². The van der Waals surface area contributed by atoms with Crippen LogP contribution in [0.25, 0.3) is 5.65 Å². The molecule has 1 aliphatic rings. The first kappa shape index (κ1) is 13.1. The van der Waals surface area contributed by atoms with Crippen LogP contribution in [0.15, 0.2) is 54.9 Å². The van der Waals surface area contributed by atoms with E-state index in [4.69, 9.17) is 0 Å². The first-order valence-electron chi connectivity index (χ1n) is 7.54. The van der Waals surface area contributed by atoms with Crippen molar-refractivity contribution in [3.63, 3.8) is 0 Å². The molecule has 4 heteroatoms. The molecule has 0 N–H and O–H groups in total. The van der Waals surface area contributed by atoms with E-state index >= 15 is 0 Å². The van der Waals surface area contributed by atoms with Crippen LogP contribution < -0.4 is 0 Å². The molecule has 4 rings (SSSR count). The average molecular weight is 291 g/mol. The summed E-state index contributed by atoms with van der Waals surface area (Å²) in [6.45, 7) is 2.82. The van der Waals surface area contributed by atoms with Crippen LogP contribution in [0.5, 0.6) is 0 Å². The number of hydrogen-bond donors (Lipinski definition) is 0. The van der Waals surface area contributed by atoms with Gasteiger partial charge in [-0.05, 0) is 36.6 Å². The number of nitrogens with zero attached hydrogens (tertiary/aromatic N) is 3. The van der Waals surface area contributed by atoms with Crippen LogP contribution in [-0.4, -0.2) is 26.7 Å².